The van der Waals surface area contributed by atoms with Gasteiger partial charge in [-0.1, -0.05) is 24.3 Å². The maximum absolute atomic E-state index is 11.7. The molecule has 0 atom stereocenters. The van der Waals surface area contributed by atoms with Crippen LogP contribution in [0, 0.1) is 0 Å². The van der Waals surface area contributed by atoms with Crippen molar-refractivity contribution < 1.29 is 9.59 Å². The zero-order chi connectivity index (χ0) is 14.4. The van der Waals surface area contributed by atoms with Crippen molar-refractivity contribution >= 4 is 17.5 Å². The van der Waals surface area contributed by atoms with Crippen LogP contribution in [0.2, 0.25) is 0 Å². The molecule has 0 bridgehead atoms. The number of fused-ring (bicyclic) bond motifs is 2. The van der Waals surface area contributed by atoms with E-state index in [-0.39, 0.29) is 11.8 Å². The molecule has 2 amide bonds. The molecule has 0 unspecified atom stereocenters. The van der Waals surface area contributed by atoms with Gasteiger partial charge in [-0.25, -0.2) is 0 Å². The van der Waals surface area contributed by atoms with E-state index in [2.05, 4.69) is 34.9 Å². The van der Waals surface area contributed by atoms with E-state index < -0.39 is 0 Å². The zero-order valence-electron chi connectivity index (χ0n) is 11.3. The predicted molar refractivity (Wildman–Crippen MR) is 79.5 cm³/mol. The van der Waals surface area contributed by atoms with Crippen LogP contribution in [-0.2, 0) is 12.8 Å². The number of hydrogen-bond donors (Lipinski definition) is 2. The highest BCUT2D eigenvalue weighted by atomic mass is 16.2. The molecule has 2 aliphatic rings. The van der Waals surface area contributed by atoms with Crippen LogP contribution in [0.5, 0.6) is 0 Å². The summed E-state index contributed by atoms with van der Waals surface area (Å²) in [6.45, 7) is 0. The summed E-state index contributed by atoms with van der Waals surface area (Å²) in [6, 6.07) is 14.1. The normalized spacial score (nSPS) is 16.6. The van der Waals surface area contributed by atoms with Crippen molar-refractivity contribution in [1.82, 2.24) is 5.32 Å². The number of imide groups is 1. The summed E-state index contributed by atoms with van der Waals surface area (Å²) < 4.78 is 0. The third-order valence-corrected chi connectivity index (χ3v) is 4.16. The number of nitrogens with one attached hydrogen (secondary N) is 2. The van der Waals surface area contributed by atoms with Gasteiger partial charge in [-0.15, -0.1) is 0 Å². The molecule has 21 heavy (non-hydrogen) atoms. The van der Waals surface area contributed by atoms with Crippen LogP contribution in [0.3, 0.4) is 0 Å². The molecule has 0 saturated heterocycles. The summed E-state index contributed by atoms with van der Waals surface area (Å²) in [5.41, 5.74) is 4.56. The van der Waals surface area contributed by atoms with E-state index in [4.69, 9.17) is 0 Å². The average Bonchev–Trinajstić information content (AvgIpc) is 3.00. The summed E-state index contributed by atoms with van der Waals surface area (Å²) >= 11 is 0. The van der Waals surface area contributed by atoms with Crippen molar-refractivity contribution in [2.75, 3.05) is 5.32 Å². The fourth-order valence-electron chi connectivity index (χ4n) is 3.15. The van der Waals surface area contributed by atoms with Gasteiger partial charge >= 0.3 is 0 Å². The van der Waals surface area contributed by atoms with Gasteiger partial charge in [-0.2, -0.15) is 0 Å². The largest absolute Gasteiger partial charge is 0.382 e. The van der Waals surface area contributed by atoms with Crippen molar-refractivity contribution in [2.45, 2.75) is 18.9 Å². The average molecular weight is 278 g/mol. The maximum atomic E-state index is 11.7. The molecule has 0 radical (unpaired) electrons. The minimum atomic E-state index is -0.312. The lowest BCUT2D eigenvalue weighted by atomic mass is 10.1. The van der Waals surface area contributed by atoms with Crippen LogP contribution < -0.4 is 10.6 Å². The van der Waals surface area contributed by atoms with Crippen LogP contribution in [0.1, 0.15) is 31.8 Å². The summed E-state index contributed by atoms with van der Waals surface area (Å²) in [7, 11) is 0. The summed E-state index contributed by atoms with van der Waals surface area (Å²) in [5.74, 6) is -0.622. The maximum Gasteiger partial charge on any atom is 0.259 e. The second-order valence-electron chi connectivity index (χ2n) is 5.56. The second-order valence-corrected chi connectivity index (χ2v) is 5.56. The summed E-state index contributed by atoms with van der Waals surface area (Å²) in [4.78, 5) is 23.2. The minimum absolute atomic E-state index is 0.310. The third kappa shape index (κ3) is 2.00. The SMILES string of the molecule is O=C1NC(=O)c2cc(NC3Cc4ccccc4C3)ccc21. The van der Waals surface area contributed by atoms with E-state index in [1.165, 1.54) is 11.1 Å². The molecule has 2 N–H and O–H groups in total. The van der Waals surface area contributed by atoms with Crippen molar-refractivity contribution in [3.63, 3.8) is 0 Å². The lowest BCUT2D eigenvalue weighted by Gasteiger charge is -2.14. The Bertz CT molecular complexity index is 742. The number of amides is 2. The van der Waals surface area contributed by atoms with E-state index in [0.717, 1.165) is 18.5 Å². The molecule has 2 aromatic carbocycles. The van der Waals surface area contributed by atoms with Gasteiger partial charge in [0, 0.05) is 11.7 Å². The molecule has 0 spiro atoms. The molecular formula is C17H14N2O2. The standard InChI is InChI=1S/C17H14N2O2/c20-16-14-6-5-12(9-15(14)17(21)19-16)18-13-7-10-3-1-2-4-11(10)8-13/h1-6,9,13,18H,7-8H2,(H,19,20,21). The van der Waals surface area contributed by atoms with E-state index in [1.807, 2.05) is 6.07 Å². The third-order valence-electron chi connectivity index (χ3n) is 4.16. The first kappa shape index (κ1) is 12.1. The Kier molecular flexibility index (Phi) is 2.57. The molecule has 4 heteroatoms. The monoisotopic (exact) mass is 278 g/mol. The molecule has 104 valence electrons. The number of carbonyl (C=O) groups is 2. The van der Waals surface area contributed by atoms with Crippen LogP contribution >= 0.6 is 0 Å². The topological polar surface area (TPSA) is 58.2 Å². The van der Waals surface area contributed by atoms with Gasteiger partial charge in [0.2, 0.25) is 0 Å². The van der Waals surface area contributed by atoms with E-state index in [9.17, 15) is 9.59 Å². The Labute approximate surface area is 122 Å². The van der Waals surface area contributed by atoms with Crippen LogP contribution in [0.15, 0.2) is 42.5 Å². The van der Waals surface area contributed by atoms with E-state index >= 15 is 0 Å². The highest BCUT2D eigenvalue weighted by Gasteiger charge is 2.27. The molecule has 2 aromatic rings. The van der Waals surface area contributed by atoms with Gasteiger partial charge in [0.05, 0.1) is 11.1 Å². The quantitative estimate of drug-likeness (QED) is 0.828. The number of benzene rings is 2. The zero-order valence-corrected chi connectivity index (χ0v) is 11.3. The lowest BCUT2D eigenvalue weighted by molar-refractivity contribution is 0.0879. The number of rotatable bonds is 2. The molecular weight excluding hydrogens is 264 g/mol. The smallest absolute Gasteiger partial charge is 0.259 e. The fraction of sp³-hybridized carbons (Fsp3) is 0.176. The second kappa shape index (κ2) is 4.45. The number of anilines is 1. The molecule has 4 nitrogen and oxygen atoms in total. The van der Waals surface area contributed by atoms with Crippen LogP contribution in [-0.4, -0.2) is 17.9 Å². The first-order valence-electron chi connectivity index (χ1n) is 7.04. The minimum Gasteiger partial charge on any atom is -0.382 e. The van der Waals surface area contributed by atoms with E-state index in [1.54, 1.807) is 12.1 Å². The lowest BCUT2D eigenvalue weighted by Crippen LogP contribution is -2.20. The van der Waals surface area contributed by atoms with Crippen molar-refractivity contribution in [1.29, 1.82) is 0 Å². The van der Waals surface area contributed by atoms with Crippen LogP contribution in [0.25, 0.3) is 0 Å². The summed E-state index contributed by atoms with van der Waals surface area (Å²) in [5, 5.41) is 5.77. The van der Waals surface area contributed by atoms with Crippen molar-refractivity contribution in [3.05, 3.63) is 64.7 Å². The highest BCUT2D eigenvalue weighted by Crippen LogP contribution is 2.26. The first-order chi connectivity index (χ1) is 10.2. The van der Waals surface area contributed by atoms with E-state index in [0.29, 0.717) is 17.2 Å². The Hall–Kier alpha value is -2.62. The van der Waals surface area contributed by atoms with Gasteiger partial charge in [0.15, 0.2) is 0 Å². The molecule has 4 rings (SSSR count). The Balaban J connectivity index is 1.56. The Morgan fingerprint density at radius 2 is 1.57 bits per heavy atom. The molecule has 0 saturated carbocycles. The number of hydrogen-bond acceptors (Lipinski definition) is 3. The number of carbonyl (C=O) groups excluding carboxylic acids is 2. The molecule has 1 aliphatic carbocycles. The molecule has 1 heterocycles. The first-order valence-corrected chi connectivity index (χ1v) is 7.04. The van der Waals surface area contributed by atoms with Crippen molar-refractivity contribution in [3.8, 4) is 0 Å². The van der Waals surface area contributed by atoms with Gasteiger partial charge < -0.3 is 5.32 Å². The van der Waals surface area contributed by atoms with Gasteiger partial charge in [-0.3, -0.25) is 14.9 Å². The summed E-state index contributed by atoms with van der Waals surface area (Å²) in [6.07, 6.45) is 1.97. The Morgan fingerprint density at radius 1 is 0.905 bits per heavy atom. The molecule has 0 aromatic heterocycles. The molecule has 1 aliphatic heterocycles. The van der Waals surface area contributed by atoms with Gasteiger partial charge in [-0.05, 0) is 42.2 Å². The predicted octanol–water partition coefficient (Wildman–Crippen LogP) is 2.15. The molecule has 0 fully saturated rings. The van der Waals surface area contributed by atoms with Gasteiger partial charge in [0.1, 0.15) is 0 Å². The fourth-order valence-corrected chi connectivity index (χ4v) is 3.15. The highest BCUT2D eigenvalue weighted by molar-refractivity contribution is 6.21. The van der Waals surface area contributed by atoms with Crippen molar-refractivity contribution in [2.24, 2.45) is 0 Å². The van der Waals surface area contributed by atoms with Crippen LogP contribution in [0.4, 0.5) is 5.69 Å². The Morgan fingerprint density at radius 3 is 2.29 bits per heavy atom. The van der Waals surface area contributed by atoms with Gasteiger partial charge in [0.25, 0.3) is 11.8 Å².